The lowest BCUT2D eigenvalue weighted by molar-refractivity contribution is -0.278. The average molecular weight is 442 g/mol. The first-order chi connectivity index (χ1) is 14.2. The minimum absolute atomic E-state index is 0.0468. The molecular weight excluding hydrogens is 413 g/mol. The highest BCUT2D eigenvalue weighted by atomic mass is 19.4. The molecule has 0 radical (unpaired) electrons. The molecule has 0 aliphatic heterocycles. The molecule has 0 heterocycles. The van der Waals surface area contributed by atoms with Crippen molar-refractivity contribution in [3.05, 3.63) is 47.5 Å². The SMILES string of the molecule is CO[C@](C(=O)O[C@@H](C)CCC(C)(C)[C@]1(O)CC(=O)C=C1C)(c1ccccc1)C(F)(F)F. The largest absolute Gasteiger partial charge is 0.460 e. The molecule has 2 rings (SSSR count). The second kappa shape index (κ2) is 8.74. The predicted molar refractivity (Wildman–Crippen MR) is 108 cm³/mol. The van der Waals surface area contributed by atoms with Crippen LogP contribution in [0.3, 0.4) is 0 Å². The van der Waals surface area contributed by atoms with Gasteiger partial charge in [-0.15, -0.1) is 0 Å². The molecule has 31 heavy (non-hydrogen) atoms. The summed E-state index contributed by atoms with van der Waals surface area (Å²) in [7, 11) is 0.817. The molecule has 1 N–H and O–H groups in total. The quantitative estimate of drug-likeness (QED) is 0.601. The number of aliphatic hydroxyl groups is 1. The number of ether oxygens (including phenoxy) is 2. The number of halogens is 3. The van der Waals surface area contributed by atoms with Crippen LogP contribution in [0.15, 0.2) is 42.0 Å². The second-order valence-corrected chi connectivity index (χ2v) is 8.72. The van der Waals surface area contributed by atoms with Gasteiger partial charge in [0.1, 0.15) is 0 Å². The molecule has 0 bridgehead atoms. The van der Waals surface area contributed by atoms with Crippen LogP contribution >= 0.6 is 0 Å². The summed E-state index contributed by atoms with van der Waals surface area (Å²) in [6, 6.07) is 6.62. The van der Waals surface area contributed by atoms with Gasteiger partial charge < -0.3 is 14.6 Å². The zero-order chi connectivity index (χ0) is 23.7. The van der Waals surface area contributed by atoms with E-state index in [0.29, 0.717) is 12.0 Å². The van der Waals surface area contributed by atoms with Crippen molar-refractivity contribution in [3.63, 3.8) is 0 Å². The monoisotopic (exact) mass is 442 g/mol. The van der Waals surface area contributed by atoms with Crippen LogP contribution < -0.4 is 0 Å². The Morgan fingerprint density at radius 1 is 1.23 bits per heavy atom. The molecule has 8 heteroatoms. The van der Waals surface area contributed by atoms with E-state index in [9.17, 15) is 27.9 Å². The second-order valence-electron chi connectivity index (χ2n) is 8.72. The predicted octanol–water partition coefficient (Wildman–Crippen LogP) is 4.48. The minimum Gasteiger partial charge on any atom is -0.460 e. The first-order valence-electron chi connectivity index (χ1n) is 10.0. The number of rotatable bonds is 8. The molecule has 5 nitrogen and oxygen atoms in total. The van der Waals surface area contributed by atoms with Crippen molar-refractivity contribution in [1.29, 1.82) is 0 Å². The van der Waals surface area contributed by atoms with Gasteiger partial charge in [-0.2, -0.15) is 13.2 Å². The van der Waals surface area contributed by atoms with Gasteiger partial charge in [0.2, 0.25) is 0 Å². The number of hydrogen-bond donors (Lipinski definition) is 1. The van der Waals surface area contributed by atoms with Gasteiger partial charge in [0.25, 0.3) is 5.60 Å². The first-order valence-corrected chi connectivity index (χ1v) is 10.0. The van der Waals surface area contributed by atoms with Crippen molar-refractivity contribution < 1.29 is 37.3 Å². The zero-order valence-electron chi connectivity index (χ0n) is 18.4. The van der Waals surface area contributed by atoms with Gasteiger partial charge in [-0.1, -0.05) is 44.2 Å². The summed E-state index contributed by atoms with van der Waals surface area (Å²) in [5.74, 6) is -1.73. The van der Waals surface area contributed by atoms with Crippen molar-refractivity contribution >= 4 is 11.8 Å². The topological polar surface area (TPSA) is 72.8 Å². The third kappa shape index (κ3) is 4.55. The van der Waals surface area contributed by atoms with Crippen LogP contribution in [0.1, 0.15) is 52.5 Å². The van der Waals surface area contributed by atoms with Crippen LogP contribution in [0.5, 0.6) is 0 Å². The zero-order valence-corrected chi connectivity index (χ0v) is 18.4. The van der Waals surface area contributed by atoms with Crippen molar-refractivity contribution in [1.82, 2.24) is 0 Å². The number of allylic oxidation sites excluding steroid dienone is 1. The molecule has 172 valence electrons. The van der Waals surface area contributed by atoms with Crippen molar-refractivity contribution in [2.24, 2.45) is 5.41 Å². The summed E-state index contributed by atoms with van der Waals surface area (Å²) in [5.41, 5.74) is -5.18. The van der Waals surface area contributed by atoms with Crippen LogP contribution in [0.25, 0.3) is 0 Å². The number of methoxy groups -OCH3 is 1. The van der Waals surface area contributed by atoms with E-state index >= 15 is 0 Å². The normalized spacial score (nSPS) is 22.6. The molecule has 0 amide bonds. The fourth-order valence-electron chi connectivity index (χ4n) is 4.06. The number of carbonyl (C=O) groups is 2. The Balaban J connectivity index is 2.17. The van der Waals surface area contributed by atoms with E-state index in [4.69, 9.17) is 9.47 Å². The first kappa shape index (κ1) is 25.1. The summed E-state index contributed by atoms with van der Waals surface area (Å²) >= 11 is 0. The fraction of sp³-hybridized carbons (Fsp3) is 0.565. The molecule has 1 aromatic rings. The van der Waals surface area contributed by atoms with E-state index in [2.05, 4.69) is 0 Å². The highest BCUT2D eigenvalue weighted by Gasteiger charge is 2.64. The molecular formula is C23H29F3O5. The fourth-order valence-corrected chi connectivity index (χ4v) is 4.06. The Hall–Kier alpha value is -2.19. The van der Waals surface area contributed by atoms with Crippen molar-refractivity contribution in [3.8, 4) is 0 Å². The number of hydrogen-bond acceptors (Lipinski definition) is 5. The molecule has 0 saturated carbocycles. The maximum atomic E-state index is 14.0. The highest BCUT2D eigenvalue weighted by molar-refractivity contribution is 5.95. The minimum atomic E-state index is -5.04. The summed E-state index contributed by atoms with van der Waals surface area (Å²) in [4.78, 5) is 24.5. The number of carbonyl (C=O) groups excluding carboxylic acids is 2. The molecule has 3 atom stereocenters. The molecule has 0 unspecified atom stereocenters. The van der Waals surface area contributed by atoms with Crippen LogP contribution in [0.4, 0.5) is 13.2 Å². The molecule has 0 fully saturated rings. The van der Waals surface area contributed by atoms with E-state index in [1.54, 1.807) is 20.8 Å². The van der Waals surface area contributed by atoms with Crippen LogP contribution in [0.2, 0.25) is 0 Å². The Morgan fingerprint density at radius 2 is 1.81 bits per heavy atom. The molecule has 0 spiro atoms. The Bertz CT molecular complexity index is 847. The van der Waals surface area contributed by atoms with E-state index in [1.807, 2.05) is 0 Å². The summed E-state index contributed by atoms with van der Waals surface area (Å²) < 4.78 is 51.8. The summed E-state index contributed by atoms with van der Waals surface area (Å²) in [5, 5.41) is 11.0. The molecule has 1 aliphatic rings. The standard InChI is InChI=1S/C23H29F3O5/c1-15-13-18(27)14-21(15,29)20(3,4)12-11-16(2)31-19(28)22(30-5,23(24,25)26)17-9-7-6-8-10-17/h6-10,13,16,29H,11-12,14H2,1-5H3/t16-,21-,22-/m0/s1. The van der Waals surface area contributed by atoms with Gasteiger partial charge in [-0.25, -0.2) is 4.79 Å². The lowest BCUT2D eigenvalue weighted by atomic mass is 9.68. The van der Waals surface area contributed by atoms with Gasteiger partial charge in [-0.3, -0.25) is 4.79 Å². The molecule has 0 saturated heterocycles. The number of ketones is 1. The Kier molecular flexibility index (Phi) is 7.07. The van der Waals surface area contributed by atoms with Gasteiger partial charge in [0.15, 0.2) is 5.78 Å². The maximum Gasteiger partial charge on any atom is 0.432 e. The van der Waals surface area contributed by atoms with Crippen LogP contribution in [-0.2, 0) is 24.7 Å². The van der Waals surface area contributed by atoms with Gasteiger partial charge in [0.05, 0.1) is 11.7 Å². The third-order valence-corrected chi connectivity index (χ3v) is 6.24. The number of benzene rings is 1. The van der Waals surface area contributed by atoms with Gasteiger partial charge in [-0.05, 0) is 43.8 Å². The van der Waals surface area contributed by atoms with Crippen molar-refractivity contribution in [2.75, 3.05) is 7.11 Å². The maximum absolute atomic E-state index is 14.0. The highest BCUT2D eigenvalue weighted by Crippen LogP contribution is 2.47. The summed E-state index contributed by atoms with van der Waals surface area (Å²) in [6.45, 7) is 6.71. The molecule has 1 aromatic carbocycles. The number of esters is 1. The molecule has 0 aromatic heterocycles. The van der Waals surface area contributed by atoms with Gasteiger partial charge >= 0.3 is 12.1 Å². The number of alkyl halides is 3. The lowest BCUT2D eigenvalue weighted by Gasteiger charge is -2.41. The summed E-state index contributed by atoms with van der Waals surface area (Å²) in [6.07, 6.45) is -4.06. The lowest BCUT2D eigenvalue weighted by Crippen LogP contribution is -2.52. The van der Waals surface area contributed by atoms with Crippen molar-refractivity contribution in [2.45, 2.75) is 70.4 Å². The van der Waals surface area contributed by atoms with E-state index < -0.39 is 34.9 Å². The van der Waals surface area contributed by atoms with Crippen LogP contribution in [0, 0.1) is 5.41 Å². The Morgan fingerprint density at radius 3 is 2.26 bits per heavy atom. The Labute approximate surface area is 180 Å². The van der Waals surface area contributed by atoms with Gasteiger partial charge in [0, 0.05) is 19.1 Å². The molecule has 1 aliphatic carbocycles. The average Bonchev–Trinajstić information content (AvgIpc) is 2.94. The van der Waals surface area contributed by atoms with Crippen LogP contribution in [-0.4, -0.2) is 41.9 Å². The van der Waals surface area contributed by atoms with E-state index in [1.165, 1.54) is 31.2 Å². The van der Waals surface area contributed by atoms with E-state index in [-0.39, 0.29) is 24.2 Å². The third-order valence-electron chi connectivity index (χ3n) is 6.24. The smallest absolute Gasteiger partial charge is 0.432 e. The van der Waals surface area contributed by atoms with E-state index in [0.717, 1.165) is 19.2 Å².